The molecule has 1 aliphatic rings. The molecule has 1 saturated heterocycles. The summed E-state index contributed by atoms with van der Waals surface area (Å²) in [7, 11) is 0. The molecule has 0 saturated carbocycles. The first-order valence-corrected chi connectivity index (χ1v) is 7.88. The SMILES string of the molecule is Cc1cc(OC(C)C)ccc1NC(=O)C1CCCCCN1. The molecule has 1 amide bonds. The molecule has 1 atom stereocenters. The van der Waals surface area contributed by atoms with Crippen molar-refractivity contribution in [3.63, 3.8) is 0 Å². The van der Waals surface area contributed by atoms with E-state index < -0.39 is 0 Å². The molecule has 21 heavy (non-hydrogen) atoms. The van der Waals surface area contributed by atoms with Crippen molar-refractivity contribution >= 4 is 11.6 Å². The second-order valence-corrected chi connectivity index (χ2v) is 5.99. The Balaban J connectivity index is 1.99. The minimum atomic E-state index is -0.0708. The standard InChI is InChI=1S/C17H26N2O2/c1-12(2)21-14-8-9-15(13(3)11-14)19-17(20)16-7-5-4-6-10-18-16/h8-9,11-12,16,18H,4-7,10H2,1-3H3,(H,19,20). The molecule has 1 heterocycles. The predicted octanol–water partition coefficient (Wildman–Crippen LogP) is 3.25. The first-order valence-electron chi connectivity index (χ1n) is 7.88. The van der Waals surface area contributed by atoms with Crippen LogP contribution in [0.3, 0.4) is 0 Å². The van der Waals surface area contributed by atoms with E-state index in [0.717, 1.165) is 42.8 Å². The first kappa shape index (κ1) is 15.8. The lowest BCUT2D eigenvalue weighted by Crippen LogP contribution is -2.39. The summed E-state index contributed by atoms with van der Waals surface area (Å²) in [6.07, 6.45) is 4.55. The summed E-state index contributed by atoms with van der Waals surface area (Å²) in [5.74, 6) is 0.908. The zero-order valence-electron chi connectivity index (χ0n) is 13.2. The molecule has 1 aromatic carbocycles. The van der Waals surface area contributed by atoms with Crippen molar-refractivity contribution in [2.24, 2.45) is 0 Å². The highest BCUT2D eigenvalue weighted by Gasteiger charge is 2.20. The third-order valence-corrected chi connectivity index (χ3v) is 3.70. The summed E-state index contributed by atoms with van der Waals surface area (Å²) in [6.45, 7) is 6.92. The molecular formula is C17H26N2O2. The highest BCUT2D eigenvalue weighted by Crippen LogP contribution is 2.22. The Morgan fingerprint density at radius 1 is 1.33 bits per heavy atom. The molecule has 0 aliphatic carbocycles. The highest BCUT2D eigenvalue weighted by molar-refractivity contribution is 5.95. The highest BCUT2D eigenvalue weighted by atomic mass is 16.5. The van der Waals surface area contributed by atoms with Crippen molar-refractivity contribution in [2.45, 2.75) is 58.6 Å². The zero-order valence-corrected chi connectivity index (χ0v) is 13.2. The Kier molecular flexibility index (Phi) is 5.62. The van der Waals surface area contributed by atoms with Crippen LogP contribution in [0.4, 0.5) is 5.69 Å². The number of amides is 1. The van der Waals surface area contributed by atoms with Crippen LogP contribution >= 0.6 is 0 Å². The number of rotatable bonds is 4. The molecule has 1 unspecified atom stereocenters. The predicted molar refractivity (Wildman–Crippen MR) is 85.8 cm³/mol. The lowest BCUT2D eigenvalue weighted by atomic mass is 10.1. The summed E-state index contributed by atoms with van der Waals surface area (Å²) < 4.78 is 5.66. The van der Waals surface area contributed by atoms with E-state index in [2.05, 4.69) is 10.6 Å². The zero-order chi connectivity index (χ0) is 15.2. The third-order valence-electron chi connectivity index (χ3n) is 3.70. The molecule has 2 rings (SSSR count). The summed E-state index contributed by atoms with van der Waals surface area (Å²) in [5, 5.41) is 6.35. The molecule has 0 spiro atoms. The normalized spacial score (nSPS) is 19.1. The first-order chi connectivity index (χ1) is 10.1. The number of hydrogen-bond acceptors (Lipinski definition) is 3. The molecule has 1 fully saturated rings. The Hall–Kier alpha value is -1.55. The van der Waals surface area contributed by atoms with E-state index in [1.807, 2.05) is 39.0 Å². The van der Waals surface area contributed by atoms with Crippen LogP contribution in [0, 0.1) is 6.92 Å². The van der Waals surface area contributed by atoms with Crippen LogP contribution in [-0.2, 0) is 4.79 Å². The number of anilines is 1. The van der Waals surface area contributed by atoms with Gasteiger partial charge in [-0.05, 0) is 63.9 Å². The van der Waals surface area contributed by atoms with E-state index in [1.54, 1.807) is 0 Å². The molecule has 116 valence electrons. The van der Waals surface area contributed by atoms with Gasteiger partial charge in [-0.15, -0.1) is 0 Å². The van der Waals surface area contributed by atoms with Gasteiger partial charge in [0.15, 0.2) is 0 Å². The van der Waals surface area contributed by atoms with E-state index in [0.29, 0.717) is 0 Å². The van der Waals surface area contributed by atoms with E-state index in [1.165, 1.54) is 6.42 Å². The van der Waals surface area contributed by atoms with Gasteiger partial charge in [-0.25, -0.2) is 0 Å². The van der Waals surface area contributed by atoms with Gasteiger partial charge in [0.05, 0.1) is 12.1 Å². The second-order valence-electron chi connectivity index (χ2n) is 5.99. The number of ether oxygens (including phenoxy) is 1. The number of carbonyl (C=O) groups is 1. The molecule has 0 bridgehead atoms. The maximum atomic E-state index is 12.3. The van der Waals surface area contributed by atoms with Gasteiger partial charge < -0.3 is 15.4 Å². The van der Waals surface area contributed by atoms with E-state index >= 15 is 0 Å². The van der Waals surface area contributed by atoms with Crippen molar-refractivity contribution in [1.29, 1.82) is 0 Å². The molecule has 4 nitrogen and oxygen atoms in total. The number of nitrogens with one attached hydrogen (secondary N) is 2. The average molecular weight is 290 g/mol. The molecule has 0 radical (unpaired) electrons. The van der Waals surface area contributed by atoms with Crippen molar-refractivity contribution < 1.29 is 9.53 Å². The van der Waals surface area contributed by atoms with Crippen LogP contribution in [0.5, 0.6) is 5.75 Å². The summed E-state index contributed by atoms with van der Waals surface area (Å²) in [5.41, 5.74) is 1.89. The van der Waals surface area contributed by atoms with Gasteiger partial charge in [0.1, 0.15) is 5.75 Å². The van der Waals surface area contributed by atoms with E-state index in [4.69, 9.17) is 4.74 Å². The summed E-state index contributed by atoms with van der Waals surface area (Å²) in [4.78, 5) is 12.3. The number of benzene rings is 1. The lowest BCUT2D eigenvalue weighted by Gasteiger charge is -2.17. The summed E-state index contributed by atoms with van der Waals surface area (Å²) in [6, 6.07) is 5.72. The quantitative estimate of drug-likeness (QED) is 0.895. The van der Waals surface area contributed by atoms with Crippen LogP contribution in [0.1, 0.15) is 45.1 Å². The van der Waals surface area contributed by atoms with Crippen molar-refractivity contribution in [3.8, 4) is 5.75 Å². The average Bonchev–Trinajstić information content (AvgIpc) is 2.70. The second kappa shape index (κ2) is 7.46. The van der Waals surface area contributed by atoms with E-state index in [9.17, 15) is 4.79 Å². The number of hydrogen-bond donors (Lipinski definition) is 2. The maximum absolute atomic E-state index is 12.3. The Labute approximate surface area is 127 Å². The van der Waals surface area contributed by atoms with Crippen molar-refractivity contribution in [3.05, 3.63) is 23.8 Å². The van der Waals surface area contributed by atoms with Gasteiger partial charge >= 0.3 is 0 Å². The fourth-order valence-electron chi connectivity index (χ4n) is 2.59. The number of aryl methyl sites for hydroxylation is 1. The fourth-order valence-corrected chi connectivity index (χ4v) is 2.59. The third kappa shape index (κ3) is 4.74. The van der Waals surface area contributed by atoms with Crippen molar-refractivity contribution in [2.75, 3.05) is 11.9 Å². The minimum absolute atomic E-state index is 0.0672. The molecular weight excluding hydrogens is 264 g/mol. The molecule has 0 aromatic heterocycles. The molecule has 1 aliphatic heterocycles. The monoisotopic (exact) mass is 290 g/mol. The van der Waals surface area contributed by atoms with Gasteiger partial charge in [-0.1, -0.05) is 12.8 Å². The van der Waals surface area contributed by atoms with Gasteiger partial charge in [0.25, 0.3) is 0 Å². The van der Waals surface area contributed by atoms with E-state index in [-0.39, 0.29) is 18.1 Å². The number of carbonyl (C=O) groups excluding carboxylic acids is 1. The topological polar surface area (TPSA) is 50.4 Å². The Morgan fingerprint density at radius 3 is 2.86 bits per heavy atom. The smallest absolute Gasteiger partial charge is 0.241 e. The van der Waals surface area contributed by atoms with Crippen LogP contribution in [-0.4, -0.2) is 24.6 Å². The maximum Gasteiger partial charge on any atom is 0.241 e. The molecule has 1 aromatic rings. The van der Waals surface area contributed by atoms with Gasteiger partial charge in [0.2, 0.25) is 5.91 Å². The van der Waals surface area contributed by atoms with Gasteiger partial charge in [-0.2, -0.15) is 0 Å². The Morgan fingerprint density at radius 2 is 2.14 bits per heavy atom. The van der Waals surface area contributed by atoms with Crippen LogP contribution in [0.25, 0.3) is 0 Å². The largest absolute Gasteiger partial charge is 0.491 e. The van der Waals surface area contributed by atoms with Gasteiger partial charge in [-0.3, -0.25) is 4.79 Å². The van der Waals surface area contributed by atoms with Crippen LogP contribution < -0.4 is 15.4 Å². The van der Waals surface area contributed by atoms with Crippen LogP contribution in [0.2, 0.25) is 0 Å². The van der Waals surface area contributed by atoms with Crippen molar-refractivity contribution in [1.82, 2.24) is 5.32 Å². The Bertz CT molecular complexity index is 478. The molecule has 2 N–H and O–H groups in total. The van der Waals surface area contributed by atoms with Crippen LogP contribution in [0.15, 0.2) is 18.2 Å². The molecule has 4 heteroatoms. The lowest BCUT2D eigenvalue weighted by molar-refractivity contribution is -0.118. The van der Waals surface area contributed by atoms with Gasteiger partial charge in [0, 0.05) is 5.69 Å². The fraction of sp³-hybridized carbons (Fsp3) is 0.588. The minimum Gasteiger partial charge on any atom is -0.491 e. The summed E-state index contributed by atoms with van der Waals surface area (Å²) >= 11 is 0.